The summed E-state index contributed by atoms with van der Waals surface area (Å²) in [5.41, 5.74) is 2.88. The molecule has 3 aromatic rings. The number of benzene rings is 2. The van der Waals surface area contributed by atoms with Crippen LogP contribution in [0, 0.1) is 0 Å². The van der Waals surface area contributed by atoms with Crippen LogP contribution in [-0.2, 0) is 0 Å². The van der Waals surface area contributed by atoms with Crippen LogP contribution in [0.5, 0.6) is 0 Å². The largest absolute Gasteiger partial charge is 0.348 e. The topological polar surface area (TPSA) is 46.9 Å². The van der Waals surface area contributed by atoms with Gasteiger partial charge in [-0.25, -0.2) is 4.68 Å². The molecule has 0 unspecified atom stereocenters. The van der Waals surface area contributed by atoms with E-state index in [1.54, 1.807) is 16.8 Å². The number of nitrogens with zero attached hydrogens (tertiary/aromatic N) is 2. The van der Waals surface area contributed by atoms with E-state index in [0.717, 1.165) is 36.9 Å². The van der Waals surface area contributed by atoms with E-state index in [2.05, 4.69) is 10.4 Å². The minimum Gasteiger partial charge on any atom is -0.348 e. The van der Waals surface area contributed by atoms with Gasteiger partial charge in [-0.2, -0.15) is 5.10 Å². The first-order chi connectivity index (χ1) is 13.6. The van der Waals surface area contributed by atoms with Crippen LogP contribution in [0.25, 0.3) is 16.9 Å². The fraction of sp³-hybridized carbons (Fsp3) is 0.273. The smallest absolute Gasteiger partial charge is 0.270 e. The number of carbonyl (C=O) groups excluding carboxylic acids is 1. The zero-order valence-electron chi connectivity index (χ0n) is 15.4. The van der Waals surface area contributed by atoms with Crippen molar-refractivity contribution in [3.8, 4) is 16.9 Å². The molecule has 28 heavy (non-hydrogen) atoms. The van der Waals surface area contributed by atoms with E-state index in [4.69, 9.17) is 23.2 Å². The summed E-state index contributed by atoms with van der Waals surface area (Å²) in [6.45, 7) is 0. The van der Waals surface area contributed by atoms with Gasteiger partial charge in [0.2, 0.25) is 0 Å². The summed E-state index contributed by atoms with van der Waals surface area (Å²) in [4.78, 5) is 13.1. The Labute approximate surface area is 174 Å². The number of hydrogen-bond donors (Lipinski definition) is 1. The monoisotopic (exact) mass is 413 g/mol. The van der Waals surface area contributed by atoms with Crippen molar-refractivity contribution in [2.75, 3.05) is 0 Å². The standard InChI is InChI=1S/C22H21Cl2N3O/c23-18-12-11-17(13-19(18)24)27-21(22(28)25-16-9-5-2-6-10-16)14-20(26-27)15-7-3-1-4-8-15/h1,3-4,7-8,11-14,16H,2,5-6,9-10H2,(H,25,28). The third kappa shape index (κ3) is 4.08. The average Bonchev–Trinajstić information content (AvgIpc) is 3.17. The molecule has 4 nitrogen and oxygen atoms in total. The van der Waals surface area contributed by atoms with Crippen LogP contribution >= 0.6 is 23.2 Å². The third-order valence-electron chi connectivity index (χ3n) is 5.10. The van der Waals surface area contributed by atoms with Crippen LogP contribution in [-0.4, -0.2) is 21.7 Å². The predicted octanol–water partition coefficient (Wildman–Crippen LogP) is 5.91. The van der Waals surface area contributed by atoms with Crippen molar-refractivity contribution in [3.05, 3.63) is 70.3 Å². The van der Waals surface area contributed by atoms with Gasteiger partial charge in [-0.05, 0) is 37.1 Å². The normalized spacial score (nSPS) is 14.8. The summed E-state index contributed by atoms with van der Waals surface area (Å²) in [5, 5.41) is 8.76. The molecule has 0 bridgehead atoms. The van der Waals surface area contributed by atoms with Crippen molar-refractivity contribution < 1.29 is 4.79 Å². The SMILES string of the molecule is O=C(NC1CCCCC1)c1cc(-c2ccccc2)nn1-c1ccc(Cl)c(Cl)c1. The lowest BCUT2D eigenvalue weighted by atomic mass is 9.95. The van der Waals surface area contributed by atoms with Crippen LogP contribution in [0.15, 0.2) is 54.6 Å². The molecule has 1 amide bonds. The summed E-state index contributed by atoms with van der Waals surface area (Å²) in [7, 11) is 0. The van der Waals surface area contributed by atoms with E-state index in [9.17, 15) is 4.79 Å². The molecule has 2 aromatic carbocycles. The van der Waals surface area contributed by atoms with Gasteiger partial charge >= 0.3 is 0 Å². The molecule has 0 aliphatic heterocycles. The third-order valence-corrected chi connectivity index (χ3v) is 5.84. The van der Waals surface area contributed by atoms with Crippen LogP contribution in [0.3, 0.4) is 0 Å². The highest BCUT2D eigenvalue weighted by molar-refractivity contribution is 6.42. The highest BCUT2D eigenvalue weighted by Gasteiger charge is 2.22. The van der Waals surface area contributed by atoms with E-state index in [0.29, 0.717) is 21.4 Å². The lowest BCUT2D eigenvalue weighted by Gasteiger charge is -2.22. The van der Waals surface area contributed by atoms with Crippen LogP contribution < -0.4 is 5.32 Å². The van der Waals surface area contributed by atoms with Gasteiger partial charge in [0.1, 0.15) is 5.69 Å². The summed E-state index contributed by atoms with van der Waals surface area (Å²) < 4.78 is 1.64. The summed E-state index contributed by atoms with van der Waals surface area (Å²) >= 11 is 12.3. The molecule has 0 atom stereocenters. The first-order valence-corrected chi connectivity index (χ1v) is 10.3. The van der Waals surface area contributed by atoms with E-state index < -0.39 is 0 Å². The summed E-state index contributed by atoms with van der Waals surface area (Å²) in [6.07, 6.45) is 5.61. The van der Waals surface area contributed by atoms with E-state index in [1.165, 1.54) is 6.42 Å². The molecule has 1 saturated carbocycles. The Morgan fingerprint density at radius 1 is 0.964 bits per heavy atom. The first-order valence-electron chi connectivity index (χ1n) is 9.53. The lowest BCUT2D eigenvalue weighted by Crippen LogP contribution is -2.37. The van der Waals surface area contributed by atoms with Gasteiger partial charge in [0, 0.05) is 11.6 Å². The van der Waals surface area contributed by atoms with Gasteiger partial charge in [-0.1, -0.05) is 72.8 Å². The zero-order chi connectivity index (χ0) is 19.5. The van der Waals surface area contributed by atoms with Crippen molar-refractivity contribution in [2.45, 2.75) is 38.1 Å². The lowest BCUT2D eigenvalue weighted by molar-refractivity contribution is 0.0920. The van der Waals surface area contributed by atoms with Gasteiger partial charge in [0.15, 0.2) is 0 Å². The maximum Gasteiger partial charge on any atom is 0.270 e. The van der Waals surface area contributed by atoms with Crippen LogP contribution in [0.1, 0.15) is 42.6 Å². The Morgan fingerprint density at radius 2 is 1.71 bits per heavy atom. The molecule has 0 radical (unpaired) electrons. The maximum atomic E-state index is 13.1. The van der Waals surface area contributed by atoms with Gasteiger partial charge in [-0.3, -0.25) is 4.79 Å². The van der Waals surface area contributed by atoms with Crippen molar-refractivity contribution in [1.29, 1.82) is 0 Å². The molecule has 1 heterocycles. The Bertz CT molecular complexity index is 979. The van der Waals surface area contributed by atoms with Crippen molar-refractivity contribution in [3.63, 3.8) is 0 Å². The van der Waals surface area contributed by atoms with Crippen LogP contribution in [0.2, 0.25) is 10.0 Å². The van der Waals surface area contributed by atoms with Gasteiger partial charge in [0.05, 0.1) is 21.4 Å². The average molecular weight is 414 g/mol. The molecule has 1 fully saturated rings. The second-order valence-corrected chi connectivity index (χ2v) is 7.91. The molecule has 144 valence electrons. The molecule has 0 saturated heterocycles. The summed E-state index contributed by atoms with van der Waals surface area (Å²) in [5.74, 6) is -0.118. The number of halogens is 2. The fourth-order valence-corrected chi connectivity index (χ4v) is 3.91. The Balaban J connectivity index is 1.73. The van der Waals surface area contributed by atoms with Crippen molar-refractivity contribution in [1.82, 2.24) is 15.1 Å². The van der Waals surface area contributed by atoms with Crippen LogP contribution in [0.4, 0.5) is 0 Å². The first kappa shape index (κ1) is 19.0. The molecule has 1 aliphatic rings. The molecule has 1 aromatic heterocycles. The quantitative estimate of drug-likeness (QED) is 0.577. The number of hydrogen-bond acceptors (Lipinski definition) is 2. The highest BCUT2D eigenvalue weighted by Crippen LogP contribution is 2.27. The Morgan fingerprint density at radius 3 is 2.43 bits per heavy atom. The van der Waals surface area contributed by atoms with Gasteiger partial charge in [-0.15, -0.1) is 0 Å². The van der Waals surface area contributed by atoms with E-state index in [1.807, 2.05) is 42.5 Å². The van der Waals surface area contributed by atoms with Gasteiger partial charge < -0.3 is 5.32 Å². The van der Waals surface area contributed by atoms with E-state index >= 15 is 0 Å². The van der Waals surface area contributed by atoms with Gasteiger partial charge in [0.25, 0.3) is 5.91 Å². The number of rotatable bonds is 4. The maximum absolute atomic E-state index is 13.1. The number of aromatic nitrogens is 2. The Kier molecular flexibility index (Phi) is 5.69. The highest BCUT2D eigenvalue weighted by atomic mass is 35.5. The second kappa shape index (κ2) is 8.38. The zero-order valence-corrected chi connectivity index (χ0v) is 16.9. The molecular formula is C22H21Cl2N3O. The number of amides is 1. The predicted molar refractivity (Wildman–Crippen MR) is 113 cm³/mol. The number of carbonyl (C=O) groups is 1. The molecule has 1 aliphatic carbocycles. The molecule has 1 N–H and O–H groups in total. The Hall–Kier alpha value is -2.30. The molecule has 0 spiro atoms. The summed E-state index contributed by atoms with van der Waals surface area (Å²) in [6, 6.07) is 17.1. The minimum absolute atomic E-state index is 0.118. The number of nitrogens with one attached hydrogen (secondary N) is 1. The minimum atomic E-state index is -0.118. The fourth-order valence-electron chi connectivity index (χ4n) is 3.61. The molecule has 4 rings (SSSR count). The van der Waals surface area contributed by atoms with Crippen molar-refractivity contribution >= 4 is 29.1 Å². The molecule has 6 heteroatoms. The van der Waals surface area contributed by atoms with E-state index in [-0.39, 0.29) is 11.9 Å². The van der Waals surface area contributed by atoms with Crippen molar-refractivity contribution in [2.24, 2.45) is 0 Å². The molecular weight excluding hydrogens is 393 g/mol. The second-order valence-electron chi connectivity index (χ2n) is 7.10.